The van der Waals surface area contributed by atoms with Gasteiger partial charge in [-0.1, -0.05) is 16.8 Å². The van der Waals surface area contributed by atoms with Crippen LogP contribution in [-0.4, -0.2) is 73.3 Å². The highest BCUT2D eigenvalue weighted by Crippen LogP contribution is 2.16. The minimum absolute atomic E-state index is 0.674. The number of ether oxygens (including phenoxy) is 1. The fraction of sp³-hybridized carbons (Fsp3) is 0.545. The predicted octanol–water partition coefficient (Wildman–Crippen LogP) is 3.15. The van der Waals surface area contributed by atoms with E-state index in [0.29, 0.717) is 6.61 Å². The van der Waals surface area contributed by atoms with Crippen LogP contribution in [0.25, 0.3) is 0 Å². The number of rotatable bonds is 8. The Morgan fingerprint density at radius 1 is 1.20 bits per heavy atom. The molecule has 1 aliphatic rings. The van der Waals surface area contributed by atoms with Crippen molar-refractivity contribution in [2.45, 2.75) is 27.2 Å². The second-order valence-corrected chi connectivity index (χ2v) is 7.86. The third-order valence-electron chi connectivity index (χ3n) is 5.30. The second kappa shape index (κ2) is 11.2. The summed E-state index contributed by atoms with van der Waals surface area (Å²) in [5.41, 5.74) is 2.13. The molecule has 0 aliphatic carbocycles. The third kappa shape index (κ3) is 6.37. The first-order valence-corrected chi connectivity index (χ1v) is 11.0. The molecule has 1 aromatic heterocycles. The molecule has 2 heterocycles. The third-order valence-corrected chi connectivity index (χ3v) is 5.55. The number of aromatic nitrogens is 1. The molecule has 0 radical (unpaired) electrons. The number of piperazine rings is 1. The summed E-state index contributed by atoms with van der Waals surface area (Å²) in [6.45, 7) is 13.1. The van der Waals surface area contributed by atoms with Crippen LogP contribution in [0.5, 0.6) is 5.75 Å². The summed E-state index contributed by atoms with van der Waals surface area (Å²) in [5, 5.41) is 8.18. The van der Waals surface area contributed by atoms with E-state index in [1.54, 1.807) is 0 Å². The lowest BCUT2D eigenvalue weighted by atomic mass is 10.1. The number of benzene rings is 1. The van der Waals surface area contributed by atoms with Gasteiger partial charge in [0.25, 0.3) is 0 Å². The van der Waals surface area contributed by atoms with E-state index in [4.69, 9.17) is 25.9 Å². The summed E-state index contributed by atoms with van der Waals surface area (Å²) in [5.74, 6) is 2.74. The van der Waals surface area contributed by atoms with Gasteiger partial charge in [-0.2, -0.15) is 0 Å². The number of hydrogen-bond donors (Lipinski definition) is 1. The number of halogens is 1. The first kappa shape index (κ1) is 22.4. The molecule has 0 saturated carbocycles. The number of nitrogens with zero attached hydrogens (tertiary/aromatic N) is 4. The van der Waals surface area contributed by atoms with E-state index >= 15 is 0 Å². The molecule has 0 spiro atoms. The highest BCUT2D eigenvalue weighted by atomic mass is 35.5. The number of aryl methyl sites for hydroxylation is 2. The van der Waals surface area contributed by atoms with Crippen molar-refractivity contribution in [3.63, 3.8) is 0 Å². The zero-order valence-corrected chi connectivity index (χ0v) is 18.9. The van der Waals surface area contributed by atoms with E-state index in [1.165, 1.54) is 5.56 Å². The number of aliphatic imine (C=N–C) groups is 1. The summed E-state index contributed by atoms with van der Waals surface area (Å²) >= 11 is 5.91. The van der Waals surface area contributed by atoms with E-state index in [2.05, 4.69) is 27.2 Å². The van der Waals surface area contributed by atoms with Crippen molar-refractivity contribution in [3.05, 3.63) is 46.3 Å². The Morgan fingerprint density at radius 3 is 2.57 bits per heavy atom. The monoisotopic (exact) mass is 433 g/mol. The Labute approximate surface area is 184 Å². The van der Waals surface area contributed by atoms with E-state index in [1.807, 2.05) is 38.1 Å². The predicted molar refractivity (Wildman–Crippen MR) is 121 cm³/mol. The SMILES string of the molecule is CCNC(=NCCc1c(C)noc1C)N1CCN(CCOc2ccc(Cl)cc2)CC1. The zero-order chi connectivity index (χ0) is 21.3. The molecule has 0 amide bonds. The quantitative estimate of drug-likeness (QED) is 0.509. The summed E-state index contributed by atoms with van der Waals surface area (Å²) in [6.07, 6.45) is 0.845. The number of nitrogens with one attached hydrogen (secondary N) is 1. The standard InChI is InChI=1S/C22H32ClN5O2/c1-4-24-22(25-10-9-21-17(2)26-30-18(21)3)28-13-11-27(12-14-28)15-16-29-20-7-5-19(23)6-8-20/h5-8H,4,9-16H2,1-3H3,(H,24,25). The minimum atomic E-state index is 0.674. The molecule has 0 atom stereocenters. The van der Waals surface area contributed by atoms with Crippen molar-refractivity contribution >= 4 is 17.6 Å². The maximum absolute atomic E-state index is 5.91. The molecule has 1 N–H and O–H groups in total. The summed E-state index contributed by atoms with van der Waals surface area (Å²) < 4.78 is 11.1. The summed E-state index contributed by atoms with van der Waals surface area (Å²) in [7, 11) is 0. The second-order valence-electron chi connectivity index (χ2n) is 7.42. The zero-order valence-electron chi connectivity index (χ0n) is 18.2. The van der Waals surface area contributed by atoms with Crippen molar-refractivity contribution in [2.75, 3.05) is 52.4 Å². The van der Waals surface area contributed by atoms with E-state index in [0.717, 1.165) is 80.4 Å². The average molecular weight is 434 g/mol. The van der Waals surface area contributed by atoms with Crippen molar-refractivity contribution in [3.8, 4) is 5.75 Å². The fourth-order valence-electron chi connectivity index (χ4n) is 3.56. The highest BCUT2D eigenvalue weighted by molar-refractivity contribution is 6.30. The first-order chi connectivity index (χ1) is 14.6. The lowest BCUT2D eigenvalue weighted by Crippen LogP contribution is -2.53. The van der Waals surface area contributed by atoms with Gasteiger partial charge in [0.15, 0.2) is 5.96 Å². The summed E-state index contributed by atoms with van der Waals surface area (Å²) in [4.78, 5) is 9.61. The Bertz CT molecular complexity index is 794. The molecule has 7 nitrogen and oxygen atoms in total. The van der Waals surface area contributed by atoms with Crippen molar-refractivity contribution in [1.82, 2.24) is 20.3 Å². The van der Waals surface area contributed by atoms with Gasteiger partial charge in [-0.15, -0.1) is 0 Å². The maximum atomic E-state index is 5.91. The molecule has 1 aromatic carbocycles. The molecule has 1 fully saturated rings. The molecule has 0 unspecified atom stereocenters. The maximum Gasteiger partial charge on any atom is 0.194 e. The van der Waals surface area contributed by atoms with Gasteiger partial charge in [-0.05, 0) is 51.5 Å². The van der Waals surface area contributed by atoms with Crippen molar-refractivity contribution < 1.29 is 9.26 Å². The van der Waals surface area contributed by atoms with Crippen LogP contribution >= 0.6 is 11.6 Å². The Hall–Kier alpha value is -2.25. The van der Waals surface area contributed by atoms with Crippen LogP contribution in [0, 0.1) is 13.8 Å². The van der Waals surface area contributed by atoms with Crippen LogP contribution in [-0.2, 0) is 6.42 Å². The van der Waals surface area contributed by atoms with Gasteiger partial charge in [0, 0.05) is 56.4 Å². The topological polar surface area (TPSA) is 66.1 Å². The van der Waals surface area contributed by atoms with Crippen LogP contribution in [0.4, 0.5) is 0 Å². The molecule has 30 heavy (non-hydrogen) atoms. The minimum Gasteiger partial charge on any atom is -0.492 e. The van der Waals surface area contributed by atoms with Gasteiger partial charge in [0.1, 0.15) is 18.1 Å². The van der Waals surface area contributed by atoms with Crippen molar-refractivity contribution in [2.24, 2.45) is 4.99 Å². The smallest absolute Gasteiger partial charge is 0.194 e. The van der Waals surface area contributed by atoms with Crippen LogP contribution < -0.4 is 10.1 Å². The van der Waals surface area contributed by atoms with Gasteiger partial charge >= 0.3 is 0 Å². The first-order valence-electron chi connectivity index (χ1n) is 10.6. The molecule has 3 rings (SSSR count). The van der Waals surface area contributed by atoms with Crippen LogP contribution in [0.1, 0.15) is 23.9 Å². The van der Waals surface area contributed by atoms with Gasteiger partial charge in [-0.25, -0.2) is 0 Å². The van der Waals surface area contributed by atoms with Crippen LogP contribution in [0.2, 0.25) is 5.02 Å². The van der Waals surface area contributed by atoms with Crippen molar-refractivity contribution in [1.29, 1.82) is 0 Å². The molecular weight excluding hydrogens is 402 g/mol. The van der Waals surface area contributed by atoms with Gasteiger partial charge < -0.3 is 19.5 Å². The van der Waals surface area contributed by atoms with Crippen LogP contribution in [0.15, 0.2) is 33.8 Å². The van der Waals surface area contributed by atoms with E-state index in [9.17, 15) is 0 Å². The van der Waals surface area contributed by atoms with E-state index < -0.39 is 0 Å². The number of guanidine groups is 1. The summed E-state index contributed by atoms with van der Waals surface area (Å²) in [6, 6.07) is 7.51. The molecular formula is C22H32ClN5O2. The van der Waals surface area contributed by atoms with Crippen LogP contribution in [0.3, 0.4) is 0 Å². The average Bonchev–Trinajstić information content (AvgIpc) is 3.07. The molecule has 8 heteroatoms. The molecule has 164 valence electrons. The largest absolute Gasteiger partial charge is 0.492 e. The fourth-order valence-corrected chi connectivity index (χ4v) is 3.69. The molecule has 1 saturated heterocycles. The number of hydrogen-bond acceptors (Lipinski definition) is 5. The van der Waals surface area contributed by atoms with E-state index in [-0.39, 0.29) is 0 Å². The van der Waals surface area contributed by atoms with Gasteiger partial charge in [-0.3, -0.25) is 9.89 Å². The Morgan fingerprint density at radius 2 is 1.93 bits per heavy atom. The lowest BCUT2D eigenvalue weighted by Gasteiger charge is -2.36. The van der Waals surface area contributed by atoms with Gasteiger partial charge in [0.05, 0.1) is 5.69 Å². The molecule has 0 bridgehead atoms. The lowest BCUT2D eigenvalue weighted by molar-refractivity contribution is 0.152. The molecule has 2 aromatic rings. The van der Waals surface area contributed by atoms with Gasteiger partial charge in [0.2, 0.25) is 0 Å². The Balaban J connectivity index is 1.43. The molecule has 1 aliphatic heterocycles. The normalized spacial score (nSPS) is 15.5. The highest BCUT2D eigenvalue weighted by Gasteiger charge is 2.19. The Kier molecular flexibility index (Phi) is 8.39.